The molecule has 9 nitrogen and oxygen atoms in total. The average molecular weight is 619 g/mol. The second-order valence-corrected chi connectivity index (χ2v) is 11.6. The molecule has 40 heavy (non-hydrogen) atoms. The minimum atomic E-state index is -0.917. The number of nitrogens with one attached hydrogen (secondary N) is 3. The van der Waals surface area contributed by atoms with Crippen molar-refractivity contribution in [3.8, 4) is 5.75 Å². The highest BCUT2D eigenvalue weighted by Gasteiger charge is 2.29. The Bertz CT molecular complexity index is 1130. The second kappa shape index (κ2) is 16.0. The summed E-state index contributed by atoms with van der Waals surface area (Å²) in [5.74, 6) is -0.747. The molecule has 0 aliphatic heterocycles. The van der Waals surface area contributed by atoms with E-state index in [0.717, 1.165) is 11.1 Å². The average Bonchev–Trinajstić information content (AvgIpc) is 2.89. The molecule has 3 atom stereocenters. The van der Waals surface area contributed by atoms with Crippen molar-refractivity contribution in [1.82, 2.24) is 16.0 Å². The molecule has 0 aliphatic carbocycles. The van der Waals surface area contributed by atoms with Crippen LogP contribution in [0.15, 0.2) is 46.9 Å². The van der Waals surface area contributed by atoms with Crippen molar-refractivity contribution in [2.45, 2.75) is 78.6 Å². The fourth-order valence-electron chi connectivity index (χ4n) is 4.18. The molecule has 0 saturated heterocycles. The lowest BCUT2D eigenvalue weighted by molar-refractivity contribution is -0.131. The normalized spacial score (nSPS) is 13.3. The van der Waals surface area contributed by atoms with E-state index in [-0.39, 0.29) is 30.6 Å². The summed E-state index contributed by atoms with van der Waals surface area (Å²) in [6.45, 7) is 9.49. The number of carbonyl (C=O) groups excluding carboxylic acids is 4. The molecule has 2 aromatic rings. The summed E-state index contributed by atoms with van der Waals surface area (Å²) in [6.07, 6.45) is 0.801. The van der Waals surface area contributed by atoms with E-state index in [4.69, 9.17) is 4.74 Å². The number of hydrogen-bond donors (Lipinski definition) is 4. The quantitative estimate of drug-likeness (QED) is 0.230. The zero-order valence-corrected chi connectivity index (χ0v) is 25.3. The molecule has 0 radical (unpaired) electrons. The van der Waals surface area contributed by atoms with Crippen molar-refractivity contribution in [3.63, 3.8) is 0 Å². The molecule has 0 unspecified atom stereocenters. The number of rotatable bonds is 14. The summed E-state index contributed by atoms with van der Waals surface area (Å²) < 4.78 is 5.78. The van der Waals surface area contributed by atoms with Crippen LogP contribution >= 0.6 is 15.9 Å². The van der Waals surface area contributed by atoms with Crippen molar-refractivity contribution in [2.75, 3.05) is 0 Å². The van der Waals surface area contributed by atoms with E-state index >= 15 is 0 Å². The largest absolute Gasteiger partial charge is 0.506 e. The van der Waals surface area contributed by atoms with Crippen LogP contribution in [0.2, 0.25) is 0 Å². The number of benzene rings is 2. The highest BCUT2D eigenvalue weighted by Crippen LogP contribution is 2.29. The van der Waals surface area contributed by atoms with E-state index in [9.17, 15) is 24.3 Å². The van der Waals surface area contributed by atoms with Crippen LogP contribution in [0.4, 0.5) is 4.79 Å². The van der Waals surface area contributed by atoms with Gasteiger partial charge in [0.2, 0.25) is 11.8 Å². The van der Waals surface area contributed by atoms with Gasteiger partial charge in [0, 0.05) is 0 Å². The molecule has 218 valence electrons. The SMILES string of the molecule is Cc1cc(C[C@@H](C=O)NC(=O)[C@H](CC(C)C)NC(=O)[C@H](CC(C)C)NC(=O)OCc2ccccc2)cc(Br)c1O. The number of phenols is 1. The molecular weight excluding hydrogens is 578 g/mol. The monoisotopic (exact) mass is 617 g/mol. The van der Waals surface area contributed by atoms with E-state index in [0.29, 0.717) is 29.2 Å². The Morgan fingerprint density at radius 2 is 1.48 bits per heavy atom. The highest BCUT2D eigenvalue weighted by atomic mass is 79.9. The van der Waals surface area contributed by atoms with E-state index in [2.05, 4.69) is 31.9 Å². The van der Waals surface area contributed by atoms with Gasteiger partial charge in [0.25, 0.3) is 0 Å². The van der Waals surface area contributed by atoms with Crippen molar-refractivity contribution in [2.24, 2.45) is 11.8 Å². The standard InChI is InChI=1S/C30H40BrN3O6/c1-18(2)11-25(28(37)32-23(16-35)14-22-13-20(5)27(36)24(31)15-22)33-29(38)26(12-19(3)4)34-30(39)40-17-21-9-7-6-8-10-21/h6-10,13,15-16,18-19,23,25-26,36H,11-12,14,17H2,1-5H3,(H,32,37)(H,33,38)(H,34,39)/t23-,25-,26-/m0/s1. The molecule has 0 aromatic heterocycles. The van der Waals surface area contributed by atoms with Gasteiger partial charge in [0.15, 0.2) is 0 Å². The Morgan fingerprint density at radius 3 is 2.02 bits per heavy atom. The Morgan fingerprint density at radius 1 is 0.900 bits per heavy atom. The van der Waals surface area contributed by atoms with Crippen LogP contribution in [0.25, 0.3) is 0 Å². The lowest BCUT2D eigenvalue weighted by Gasteiger charge is -2.26. The Hall–Kier alpha value is -3.40. The van der Waals surface area contributed by atoms with Crippen LogP contribution in [0.3, 0.4) is 0 Å². The zero-order chi connectivity index (χ0) is 29.8. The van der Waals surface area contributed by atoms with Crippen molar-refractivity contribution >= 4 is 40.1 Å². The fraction of sp³-hybridized carbons (Fsp3) is 0.467. The Labute approximate surface area is 244 Å². The summed E-state index contributed by atoms with van der Waals surface area (Å²) in [5.41, 5.74) is 2.20. The predicted octanol–water partition coefficient (Wildman–Crippen LogP) is 4.56. The molecule has 2 aromatic carbocycles. The fourth-order valence-corrected chi connectivity index (χ4v) is 4.79. The third-order valence-corrected chi connectivity index (χ3v) is 6.73. The van der Waals surface area contributed by atoms with Gasteiger partial charge in [0.05, 0.1) is 10.5 Å². The van der Waals surface area contributed by atoms with Gasteiger partial charge in [-0.25, -0.2) is 4.79 Å². The van der Waals surface area contributed by atoms with Gasteiger partial charge >= 0.3 is 6.09 Å². The summed E-state index contributed by atoms with van der Waals surface area (Å²) in [6, 6.07) is 9.96. The zero-order valence-electron chi connectivity index (χ0n) is 23.7. The smallest absolute Gasteiger partial charge is 0.408 e. The summed E-state index contributed by atoms with van der Waals surface area (Å²) in [5, 5.41) is 18.1. The van der Waals surface area contributed by atoms with Gasteiger partial charge in [-0.2, -0.15) is 0 Å². The molecule has 10 heteroatoms. The van der Waals surface area contributed by atoms with Crippen LogP contribution < -0.4 is 16.0 Å². The molecular formula is C30H40BrN3O6. The minimum Gasteiger partial charge on any atom is -0.506 e. The molecule has 3 amide bonds. The van der Waals surface area contributed by atoms with Crippen molar-refractivity contribution in [3.05, 3.63) is 63.6 Å². The van der Waals surface area contributed by atoms with E-state index in [1.54, 1.807) is 19.1 Å². The highest BCUT2D eigenvalue weighted by molar-refractivity contribution is 9.10. The number of carbonyl (C=O) groups is 4. The van der Waals surface area contributed by atoms with Gasteiger partial charge in [-0.3, -0.25) is 9.59 Å². The third-order valence-electron chi connectivity index (χ3n) is 6.13. The second-order valence-electron chi connectivity index (χ2n) is 10.8. The van der Waals surface area contributed by atoms with Crippen LogP contribution in [-0.2, 0) is 32.1 Å². The predicted molar refractivity (Wildman–Crippen MR) is 157 cm³/mol. The lowest BCUT2D eigenvalue weighted by atomic mass is 9.99. The molecule has 2 rings (SSSR count). The molecule has 0 heterocycles. The summed E-state index contributed by atoms with van der Waals surface area (Å²) >= 11 is 3.29. The molecule has 0 fully saturated rings. The van der Waals surface area contributed by atoms with Crippen molar-refractivity contribution in [1.29, 1.82) is 0 Å². The van der Waals surface area contributed by atoms with Crippen LogP contribution in [-0.4, -0.2) is 47.4 Å². The maximum atomic E-state index is 13.3. The number of phenolic OH excluding ortho intramolecular Hbond substituents is 1. The number of hydrogen-bond acceptors (Lipinski definition) is 6. The number of alkyl carbamates (subject to hydrolysis) is 1. The number of halogens is 1. The molecule has 0 aliphatic rings. The van der Waals surface area contributed by atoms with Crippen LogP contribution in [0.5, 0.6) is 5.75 Å². The lowest BCUT2D eigenvalue weighted by Crippen LogP contribution is -2.55. The molecule has 4 N–H and O–H groups in total. The summed E-state index contributed by atoms with van der Waals surface area (Å²) in [7, 11) is 0. The van der Waals surface area contributed by atoms with Crippen molar-refractivity contribution < 1.29 is 29.0 Å². The number of ether oxygens (including phenoxy) is 1. The first-order valence-corrected chi connectivity index (χ1v) is 14.2. The Balaban J connectivity index is 2.09. The maximum Gasteiger partial charge on any atom is 0.408 e. The number of amides is 3. The summed E-state index contributed by atoms with van der Waals surface area (Å²) in [4.78, 5) is 50.8. The van der Waals surface area contributed by atoms with E-state index < -0.39 is 36.0 Å². The van der Waals surface area contributed by atoms with Gasteiger partial charge < -0.3 is 30.6 Å². The van der Waals surface area contributed by atoms with Gasteiger partial charge in [-0.1, -0.05) is 64.1 Å². The first kappa shape index (κ1) is 32.8. The molecule has 0 spiro atoms. The number of aromatic hydroxyl groups is 1. The number of aldehydes is 1. The van der Waals surface area contributed by atoms with Gasteiger partial charge in [-0.05, 0) is 76.7 Å². The Kier molecular flexibility index (Phi) is 13.1. The first-order valence-electron chi connectivity index (χ1n) is 13.4. The van der Waals surface area contributed by atoms with Gasteiger partial charge in [-0.15, -0.1) is 0 Å². The van der Waals surface area contributed by atoms with E-state index in [1.807, 2.05) is 58.0 Å². The van der Waals surface area contributed by atoms with Crippen LogP contribution in [0, 0.1) is 18.8 Å². The van der Waals surface area contributed by atoms with Gasteiger partial charge in [0.1, 0.15) is 30.7 Å². The first-order chi connectivity index (χ1) is 18.9. The minimum absolute atomic E-state index is 0.0608. The topological polar surface area (TPSA) is 134 Å². The molecule has 0 saturated carbocycles. The maximum absolute atomic E-state index is 13.3. The number of aryl methyl sites for hydroxylation is 1. The third kappa shape index (κ3) is 11.0. The molecule has 0 bridgehead atoms. The van der Waals surface area contributed by atoms with E-state index in [1.165, 1.54) is 0 Å². The van der Waals surface area contributed by atoms with Crippen LogP contribution in [0.1, 0.15) is 57.2 Å².